The number of carbonyl (C=O) groups is 1. The number of ether oxygens (including phenoxy) is 1. The van der Waals surface area contributed by atoms with E-state index in [2.05, 4.69) is 30.0 Å². The lowest BCUT2D eigenvalue weighted by Crippen LogP contribution is -2.64. The molecule has 4 aliphatic rings. The predicted octanol–water partition coefficient (Wildman–Crippen LogP) is 3.20. The van der Waals surface area contributed by atoms with Gasteiger partial charge in [0.1, 0.15) is 12.0 Å². The zero-order valence-corrected chi connectivity index (χ0v) is 14.8. The standard InChI is InChI=1S/C21H27NO2/c1-14-19-20(13-22(19)11-15-3-4-15)10-16-5-6-17(24-2)9-18(16)21(14,12-20)7-8-23/h5-6,8-9,14-15,19H,3-4,7,10-13H2,1-2H3/t14-,19?,20?,21?/m0/s1. The van der Waals surface area contributed by atoms with Crippen molar-refractivity contribution in [2.24, 2.45) is 17.3 Å². The highest BCUT2D eigenvalue weighted by atomic mass is 16.5. The first-order chi connectivity index (χ1) is 11.6. The van der Waals surface area contributed by atoms with E-state index in [0.29, 0.717) is 23.8 Å². The number of fused-ring (bicyclic) bond motifs is 3. The smallest absolute Gasteiger partial charge is 0.120 e. The van der Waals surface area contributed by atoms with Crippen molar-refractivity contribution >= 4 is 6.29 Å². The van der Waals surface area contributed by atoms with E-state index < -0.39 is 0 Å². The molecule has 3 heteroatoms. The summed E-state index contributed by atoms with van der Waals surface area (Å²) < 4.78 is 5.50. The van der Waals surface area contributed by atoms with Gasteiger partial charge < -0.3 is 9.53 Å². The van der Waals surface area contributed by atoms with Crippen LogP contribution in [-0.4, -0.2) is 37.4 Å². The van der Waals surface area contributed by atoms with Gasteiger partial charge in [0.25, 0.3) is 0 Å². The molecule has 24 heavy (non-hydrogen) atoms. The molecular weight excluding hydrogens is 298 g/mol. The van der Waals surface area contributed by atoms with Crippen LogP contribution in [0.4, 0.5) is 0 Å². The van der Waals surface area contributed by atoms with Crippen LogP contribution in [0.1, 0.15) is 43.7 Å². The largest absolute Gasteiger partial charge is 0.497 e. The van der Waals surface area contributed by atoms with E-state index in [0.717, 1.165) is 18.0 Å². The average Bonchev–Trinajstić information content (AvgIpc) is 3.35. The number of carbonyl (C=O) groups excluding carboxylic acids is 1. The molecule has 1 aliphatic heterocycles. The molecule has 3 aliphatic carbocycles. The van der Waals surface area contributed by atoms with E-state index in [-0.39, 0.29) is 5.41 Å². The molecule has 1 aromatic rings. The van der Waals surface area contributed by atoms with Crippen LogP contribution in [0.15, 0.2) is 18.2 Å². The molecule has 5 rings (SSSR count). The average molecular weight is 325 g/mol. The number of rotatable bonds is 5. The Morgan fingerprint density at radius 1 is 1.38 bits per heavy atom. The lowest BCUT2D eigenvalue weighted by molar-refractivity contribution is -0.109. The quantitative estimate of drug-likeness (QED) is 0.779. The Balaban J connectivity index is 1.58. The summed E-state index contributed by atoms with van der Waals surface area (Å²) in [5.41, 5.74) is 3.29. The molecule has 4 atom stereocenters. The number of nitrogens with zero attached hydrogens (tertiary/aromatic N) is 1. The van der Waals surface area contributed by atoms with Gasteiger partial charge >= 0.3 is 0 Å². The summed E-state index contributed by atoms with van der Waals surface area (Å²) in [6.45, 7) is 4.93. The maximum absolute atomic E-state index is 11.6. The number of hydrogen-bond acceptors (Lipinski definition) is 3. The highest BCUT2D eigenvalue weighted by Gasteiger charge is 2.69. The highest BCUT2D eigenvalue weighted by molar-refractivity contribution is 5.58. The van der Waals surface area contributed by atoms with Crippen LogP contribution in [0.2, 0.25) is 0 Å². The first-order valence-electron chi connectivity index (χ1n) is 9.47. The molecule has 128 valence electrons. The summed E-state index contributed by atoms with van der Waals surface area (Å²) in [4.78, 5) is 14.4. The van der Waals surface area contributed by atoms with Gasteiger partial charge in [-0.3, -0.25) is 4.90 Å². The molecular formula is C21H27NO2. The monoisotopic (exact) mass is 325 g/mol. The van der Waals surface area contributed by atoms with Crippen LogP contribution < -0.4 is 4.74 Å². The molecule has 0 radical (unpaired) electrons. The number of likely N-dealkylation sites (tertiary alicyclic amines) is 1. The van der Waals surface area contributed by atoms with Crippen molar-refractivity contribution in [3.8, 4) is 5.75 Å². The SMILES string of the molecule is COc1ccc2c(c1)C1(CC=O)CC3(C2)CN(CC2CC2)C3[C@@H]1C. The van der Waals surface area contributed by atoms with Crippen molar-refractivity contribution in [2.75, 3.05) is 20.2 Å². The first kappa shape index (κ1) is 14.9. The topological polar surface area (TPSA) is 29.5 Å². The maximum Gasteiger partial charge on any atom is 0.120 e. The summed E-state index contributed by atoms with van der Waals surface area (Å²) >= 11 is 0. The Morgan fingerprint density at radius 3 is 2.92 bits per heavy atom. The van der Waals surface area contributed by atoms with E-state index >= 15 is 0 Å². The van der Waals surface area contributed by atoms with Gasteiger partial charge in [-0.15, -0.1) is 0 Å². The van der Waals surface area contributed by atoms with Gasteiger partial charge in [0, 0.05) is 36.4 Å². The molecule has 3 nitrogen and oxygen atoms in total. The zero-order valence-electron chi connectivity index (χ0n) is 14.8. The summed E-state index contributed by atoms with van der Waals surface area (Å²) in [6.07, 6.45) is 7.02. The molecule has 1 spiro atoms. The minimum absolute atomic E-state index is 0.0207. The minimum atomic E-state index is 0.0207. The Morgan fingerprint density at radius 2 is 2.21 bits per heavy atom. The van der Waals surface area contributed by atoms with Crippen molar-refractivity contribution in [2.45, 2.75) is 50.5 Å². The fourth-order valence-corrected chi connectivity index (χ4v) is 6.54. The number of methoxy groups -OCH3 is 1. The van der Waals surface area contributed by atoms with E-state index in [9.17, 15) is 4.79 Å². The van der Waals surface area contributed by atoms with Gasteiger partial charge in [0.2, 0.25) is 0 Å². The van der Waals surface area contributed by atoms with Crippen LogP contribution in [0.5, 0.6) is 5.75 Å². The second-order valence-corrected chi connectivity index (χ2v) is 8.87. The second-order valence-electron chi connectivity index (χ2n) is 8.87. The van der Waals surface area contributed by atoms with Gasteiger partial charge in [-0.25, -0.2) is 0 Å². The summed E-state index contributed by atoms with van der Waals surface area (Å²) in [7, 11) is 1.73. The minimum Gasteiger partial charge on any atom is -0.497 e. The van der Waals surface area contributed by atoms with Crippen molar-refractivity contribution in [3.63, 3.8) is 0 Å². The van der Waals surface area contributed by atoms with Gasteiger partial charge in [0.15, 0.2) is 0 Å². The second kappa shape index (κ2) is 4.85. The lowest BCUT2D eigenvalue weighted by atomic mass is 9.61. The third kappa shape index (κ3) is 1.79. The zero-order chi connectivity index (χ0) is 16.5. The molecule has 1 heterocycles. The number of aldehydes is 1. The number of benzene rings is 1. The van der Waals surface area contributed by atoms with Gasteiger partial charge in [-0.05, 0) is 60.8 Å². The molecule has 1 aromatic carbocycles. The van der Waals surface area contributed by atoms with E-state index in [1.807, 2.05) is 0 Å². The summed E-state index contributed by atoms with van der Waals surface area (Å²) in [6, 6.07) is 7.23. The van der Waals surface area contributed by atoms with E-state index in [1.165, 1.54) is 49.9 Å². The molecule has 1 saturated heterocycles. The summed E-state index contributed by atoms with van der Waals surface area (Å²) in [5.74, 6) is 2.42. The van der Waals surface area contributed by atoms with Crippen molar-refractivity contribution in [1.82, 2.24) is 4.90 Å². The van der Waals surface area contributed by atoms with E-state index in [4.69, 9.17) is 4.74 Å². The third-order valence-electron chi connectivity index (χ3n) is 7.58. The Hall–Kier alpha value is -1.35. The van der Waals surface area contributed by atoms with Crippen LogP contribution in [0.3, 0.4) is 0 Å². The Kier molecular flexibility index (Phi) is 3.02. The van der Waals surface area contributed by atoms with Crippen molar-refractivity contribution in [3.05, 3.63) is 29.3 Å². The van der Waals surface area contributed by atoms with Crippen molar-refractivity contribution < 1.29 is 9.53 Å². The van der Waals surface area contributed by atoms with Gasteiger partial charge in [-0.2, -0.15) is 0 Å². The third-order valence-corrected chi connectivity index (χ3v) is 7.58. The van der Waals surface area contributed by atoms with Gasteiger partial charge in [0.05, 0.1) is 7.11 Å². The molecule has 2 saturated carbocycles. The molecule has 3 fully saturated rings. The maximum atomic E-state index is 11.6. The first-order valence-corrected chi connectivity index (χ1v) is 9.47. The molecule has 0 amide bonds. The predicted molar refractivity (Wildman–Crippen MR) is 93.4 cm³/mol. The van der Waals surface area contributed by atoms with Crippen molar-refractivity contribution in [1.29, 1.82) is 0 Å². The molecule has 3 unspecified atom stereocenters. The fourth-order valence-electron chi connectivity index (χ4n) is 6.54. The normalized spacial score (nSPS) is 39.8. The van der Waals surface area contributed by atoms with Gasteiger partial charge in [-0.1, -0.05) is 13.0 Å². The molecule has 2 bridgehead atoms. The lowest BCUT2D eigenvalue weighted by Gasteiger charge is -2.56. The molecule has 0 N–H and O–H groups in total. The van der Waals surface area contributed by atoms with Crippen LogP contribution in [0.25, 0.3) is 0 Å². The van der Waals surface area contributed by atoms with E-state index in [1.54, 1.807) is 7.11 Å². The fraction of sp³-hybridized carbons (Fsp3) is 0.667. The van der Waals surface area contributed by atoms with Crippen LogP contribution in [0, 0.1) is 17.3 Å². The molecule has 0 aromatic heterocycles. The number of hydrogen-bond donors (Lipinski definition) is 0. The highest BCUT2D eigenvalue weighted by Crippen LogP contribution is 2.67. The van der Waals surface area contributed by atoms with Crippen LogP contribution in [-0.2, 0) is 16.6 Å². The van der Waals surface area contributed by atoms with Crippen LogP contribution >= 0.6 is 0 Å². The Bertz CT molecular complexity index is 697. The Labute approximate surface area is 144 Å². The summed E-state index contributed by atoms with van der Waals surface area (Å²) in [5, 5.41) is 0.